The molecule has 0 bridgehead atoms. The lowest BCUT2D eigenvalue weighted by molar-refractivity contribution is -0.122. The van der Waals surface area contributed by atoms with Gasteiger partial charge in [0.2, 0.25) is 5.91 Å². The quantitative estimate of drug-likeness (QED) is 0.793. The number of benzene rings is 1. The van der Waals surface area contributed by atoms with Gasteiger partial charge in [-0.25, -0.2) is 0 Å². The zero-order valence-electron chi connectivity index (χ0n) is 14.3. The molecule has 128 valence electrons. The molecule has 6 heteroatoms. The number of amides is 1. The molecule has 1 atom stereocenters. The zero-order chi connectivity index (χ0) is 16.9. The van der Waals surface area contributed by atoms with E-state index in [4.69, 9.17) is 4.74 Å². The Balaban J connectivity index is 1.40. The number of aromatic nitrogens is 3. The van der Waals surface area contributed by atoms with Gasteiger partial charge in [-0.2, -0.15) is 0 Å². The molecule has 2 heterocycles. The number of fused-ring (bicyclic) bond motifs is 1. The SMILES string of the molecule is Cc1ccc(OCCCC(=O)N[C@@H](C)c2nnc3n2CCC3)cc1. The Labute approximate surface area is 142 Å². The van der Waals surface area contributed by atoms with E-state index in [-0.39, 0.29) is 11.9 Å². The van der Waals surface area contributed by atoms with Crippen LogP contribution in [0.15, 0.2) is 24.3 Å². The molecule has 1 aromatic carbocycles. The average molecular weight is 328 g/mol. The fraction of sp³-hybridized carbons (Fsp3) is 0.500. The summed E-state index contributed by atoms with van der Waals surface area (Å²) in [4.78, 5) is 12.1. The highest BCUT2D eigenvalue weighted by Crippen LogP contribution is 2.19. The molecule has 24 heavy (non-hydrogen) atoms. The molecule has 0 saturated heterocycles. The summed E-state index contributed by atoms with van der Waals surface area (Å²) in [6, 6.07) is 7.81. The summed E-state index contributed by atoms with van der Waals surface area (Å²) >= 11 is 0. The lowest BCUT2D eigenvalue weighted by Crippen LogP contribution is -2.28. The second-order valence-electron chi connectivity index (χ2n) is 6.28. The maximum absolute atomic E-state index is 12.1. The fourth-order valence-corrected chi connectivity index (χ4v) is 2.93. The van der Waals surface area contributed by atoms with E-state index in [0.29, 0.717) is 19.4 Å². The van der Waals surface area contributed by atoms with E-state index in [9.17, 15) is 4.79 Å². The van der Waals surface area contributed by atoms with Gasteiger partial charge in [-0.1, -0.05) is 17.7 Å². The van der Waals surface area contributed by atoms with Crippen LogP contribution in [0, 0.1) is 6.92 Å². The minimum Gasteiger partial charge on any atom is -0.494 e. The Morgan fingerprint density at radius 2 is 2.12 bits per heavy atom. The molecule has 0 saturated carbocycles. The van der Waals surface area contributed by atoms with E-state index < -0.39 is 0 Å². The lowest BCUT2D eigenvalue weighted by atomic mass is 10.2. The predicted octanol–water partition coefficient (Wildman–Crippen LogP) is 2.57. The summed E-state index contributed by atoms with van der Waals surface area (Å²) in [7, 11) is 0. The van der Waals surface area contributed by atoms with Crippen LogP contribution in [0.5, 0.6) is 5.75 Å². The van der Waals surface area contributed by atoms with Crippen molar-refractivity contribution in [2.45, 2.75) is 52.1 Å². The van der Waals surface area contributed by atoms with E-state index >= 15 is 0 Å². The smallest absolute Gasteiger partial charge is 0.220 e. The van der Waals surface area contributed by atoms with Gasteiger partial charge in [0, 0.05) is 19.4 Å². The molecule has 3 rings (SSSR count). The van der Waals surface area contributed by atoms with Gasteiger partial charge in [0.15, 0.2) is 5.82 Å². The molecule has 1 N–H and O–H groups in total. The Bertz CT molecular complexity index is 694. The third-order valence-corrected chi connectivity index (χ3v) is 4.24. The standard InChI is InChI=1S/C18H24N4O2/c1-13-7-9-15(10-8-13)24-12-4-6-17(23)19-14(2)18-21-20-16-5-3-11-22(16)18/h7-10,14H,3-6,11-12H2,1-2H3,(H,19,23)/t14-/m0/s1. The minimum absolute atomic E-state index is 0.0188. The van der Waals surface area contributed by atoms with Crippen LogP contribution < -0.4 is 10.1 Å². The van der Waals surface area contributed by atoms with Crippen molar-refractivity contribution in [1.82, 2.24) is 20.1 Å². The van der Waals surface area contributed by atoms with Gasteiger partial charge >= 0.3 is 0 Å². The van der Waals surface area contributed by atoms with Crippen molar-refractivity contribution < 1.29 is 9.53 Å². The van der Waals surface area contributed by atoms with E-state index in [2.05, 4.69) is 20.1 Å². The van der Waals surface area contributed by atoms with Crippen LogP contribution in [0.1, 0.15) is 49.4 Å². The van der Waals surface area contributed by atoms with Crippen molar-refractivity contribution in [3.05, 3.63) is 41.5 Å². The maximum atomic E-state index is 12.1. The second-order valence-corrected chi connectivity index (χ2v) is 6.28. The van der Waals surface area contributed by atoms with Crippen LogP contribution >= 0.6 is 0 Å². The van der Waals surface area contributed by atoms with Gasteiger partial charge in [-0.05, 0) is 38.8 Å². The number of nitrogens with one attached hydrogen (secondary N) is 1. The van der Waals surface area contributed by atoms with Crippen LogP contribution in [-0.4, -0.2) is 27.3 Å². The number of rotatable bonds is 7. The normalized spacial score (nSPS) is 14.2. The van der Waals surface area contributed by atoms with E-state index in [0.717, 1.165) is 36.8 Å². The summed E-state index contributed by atoms with van der Waals surface area (Å²) in [6.45, 7) is 5.48. The monoisotopic (exact) mass is 328 g/mol. The summed E-state index contributed by atoms with van der Waals surface area (Å²) in [5.41, 5.74) is 1.20. The van der Waals surface area contributed by atoms with Crippen LogP contribution in [0.3, 0.4) is 0 Å². The van der Waals surface area contributed by atoms with Crippen molar-refractivity contribution in [2.24, 2.45) is 0 Å². The van der Waals surface area contributed by atoms with Crippen molar-refractivity contribution in [3.63, 3.8) is 0 Å². The molecule has 0 spiro atoms. The first-order valence-corrected chi connectivity index (χ1v) is 8.54. The maximum Gasteiger partial charge on any atom is 0.220 e. The third kappa shape index (κ3) is 3.93. The highest BCUT2D eigenvalue weighted by molar-refractivity contribution is 5.76. The number of nitrogens with zero attached hydrogens (tertiary/aromatic N) is 3. The molecule has 1 amide bonds. The molecule has 1 aromatic heterocycles. The highest BCUT2D eigenvalue weighted by atomic mass is 16.5. The Morgan fingerprint density at radius 3 is 2.92 bits per heavy atom. The lowest BCUT2D eigenvalue weighted by Gasteiger charge is -2.14. The van der Waals surface area contributed by atoms with Crippen LogP contribution in [-0.2, 0) is 17.8 Å². The Hall–Kier alpha value is -2.37. The zero-order valence-corrected chi connectivity index (χ0v) is 14.3. The van der Waals surface area contributed by atoms with Crippen molar-refractivity contribution in [1.29, 1.82) is 0 Å². The molecule has 0 unspecified atom stereocenters. The predicted molar refractivity (Wildman–Crippen MR) is 90.8 cm³/mol. The number of hydrogen-bond acceptors (Lipinski definition) is 4. The molecule has 0 aliphatic carbocycles. The number of hydrogen-bond donors (Lipinski definition) is 1. The topological polar surface area (TPSA) is 69.0 Å². The largest absolute Gasteiger partial charge is 0.494 e. The first-order chi connectivity index (χ1) is 11.6. The van der Waals surface area contributed by atoms with Gasteiger partial charge in [-0.15, -0.1) is 10.2 Å². The second kappa shape index (κ2) is 7.47. The highest BCUT2D eigenvalue weighted by Gasteiger charge is 2.22. The van der Waals surface area contributed by atoms with Crippen molar-refractivity contribution in [2.75, 3.05) is 6.61 Å². The molecule has 0 fully saturated rings. The fourth-order valence-electron chi connectivity index (χ4n) is 2.93. The summed E-state index contributed by atoms with van der Waals surface area (Å²) in [5.74, 6) is 2.74. The molecule has 2 aromatic rings. The molecule has 6 nitrogen and oxygen atoms in total. The Morgan fingerprint density at radius 1 is 1.33 bits per heavy atom. The first-order valence-electron chi connectivity index (χ1n) is 8.54. The first kappa shape index (κ1) is 16.5. The van der Waals surface area contributed by atoms with Gasteiger partial charge in [0.25, 0.3) is 0 Å². The minimum atomic E-state index is -0.116. The summed E-state index contributed by atoms with van der Waals surface area (Å²) in [6.07, 6.45) is 3.21. The molecule has 1 aliphatic heterocycles. The van der Waals surface area contributed by atoms with Crippen LogP contribution in [0.4, 0.5) is 0 Å². The van der Waals surface area contributed by atoms with Crippen molar-refractivity contribution >= 4 is 5.91 Å². The molecular weight excluding hydrogens is 304 g/mol. The Kier molecular flexibility index (Phi) is 5.13. The number of carbonyl (C=O) groups is 1. The van der Waals surface area contributed by atoms with E-state index in [1.54, 1.807) is 0 Å². The van der Waals surface area contributed by atoms with Crippen LogP contribution in [0.2, 0.25) is 0 Å². The van der Waals surface area contributed by atoms with Crippen molar-refractivity contribution in [3.8, 4) is 5.75 Å². The van der Waals surface area contributed by atoms with E-state index in [1.165, 1.54) is 5.56 Å². The molecule has 0 radical (unpaired) electrons. The summed E-state index contributed by atoms with van der Waals surface area (Å²) in [5, 5.41) is 11.4. The number of ether oxygens (including phenoxy) is 1. The molecular formula is C18H24N4O2. The molecule has 1 aliphatic rings. The average Bonchev–Trinajstić information content (AvgIpc) is 3.16. The third-order valence-electron chi connectivity index (χ3n) is 4.24. The van der Waals surface area contributed by atoms with E-state index in [1.807, 2.05) is 38.1 Å². The van der Waals surface area contributed by atoms with Gasteiger partial charge < -0.3 is 14.6 Å². The van der Waals surface area contributed by atoms with Gasteiger partial charge in [0.1, 0.15) is 11.6 Å². The summed E-state index contributed by atoms with van der Waals surface area (Å²) < 4.78 is 7.76. The number of carbonyl (C=O) groups excluding carboxylic acids is 1. The number of aryl methyl sites for hydroxylation is 2. The van der Waals surface area contributed by atoms with Crippen LogP contribution in [0.25, 0.3) is 0 Å². The van der Waals surface area contributed by atoms with Gasteiger partial charge in [-0.3, -0.25) is 4.79 Å². The van der Waals surface area contributed by atoms with Gasteiger partial charge in [0.05, 0.1) is 12.6 Å².